The number of piperidine rings is 1. The molecule has 2 aromatic rings. The van der Waals surface area contributed by atoms with Crippen LogP contribution in [0.4, 0.5) is 4.39 Å². The van der Waals surface area contributed by atoms with Gasteiger partial charge in [-0.3, -0.25) is 9.69 Å². The minimum absolute atomic E-state index is 0.0577. The second-order valence-corrected chi connectivity index (χ2v) is 9.14. The van der Waals surface area contributed by atoms with E-state index in [9.17, 15) is 17.6 Å². The summed E-state index contributed by atoms with van der Waals surface area (Å²) in [7, 11) is -2.50. The van der Waals surface area contributed by atoms with E-state index in [-0.39, 0.29) is 23.9 Å². The first kappa shape index (κ1) is 23.2. The fourth-order valence-corrected chi connectivity index (χ4v) is 4.50. The number of benzene rings is 2. The van der Waals surface area contributed by atoms with Gasteiger partial charge in [-0.25, -0.2) is 17.5 Å². The van der Waals surface area contributed by atoms with E-state index in [1.54, 1.807) is 24.3 Å². The van der Waals surface area contributed by atoms with Crippen LogP contribution in [-0.2, 0) is 26.2 Å². The molecular weight excluding hydrogens is 423 g/mol. The van der Waals surface area contributed by atoms with Crippen molar-refractivity contribution in [3.05, 3.63) is 59.9 Å². The van der Waals surface area contributed by atoms with Crippen LogP contribution in [0.5, 0.6) is 5.75 Å². The minimum atomic E-state index is -3.81. The van der Waals surface area contributed by atoms with E-state index in [1.807, 2.05) is 4.90 Å². The van der Waals surface area contributed by atoms with Gasteiger partial charge in [-0.2, -0.15) is 0 Å². The van der Waals surface area contributed by atoms with Crippen LogP contribution in [0.1, 0.15) is 24.8 Å². The highest BCUT2D eigenvalue weighted by molar-refractivity contribution is 7.89. The van der Waals surface area contributed by atoms with Gasteiger partial charge in [0.15, 0.2) is 0 Å². The molecule has 1 atom stereocenters. The normalized spacial score (nSPS) is 15.9. The van der Waals surface area contributed by atoms with Crippen molar-refractivity contribution in [2.24, 2.45) is 0 Å². The highest BCUT2D eigenvalue weighted by atomic mass is 32.2. The topological polar surface area (TPSA) is 84.9 Å². The van der Waals surface area contributed by atoms with Crippen LogP contribution in [0.15, 0.2) is 53.4 Å². The number of ether oxygens (including phenoxy) is 2. The van der Waals surface area contributed by atoms with E-state index in [0.29, 0.717) is 5.75 Å². The van der Waals surface area contributed by atoms with Crippen molar-refractivity contribution in [3.63, 3.8) is 0 Å². The number of hydrogen-bond acceptors (Lipinski definition) is 6. The van der Waals surface area contributed by atoms with Crippen LogP contribution in [0, 0.1) is 5.82 Å². The summed E-state index contributed by atoms with van der Waals surface area (Å²) in [5.41, 5.74) is 0.798. The Morgan fingerprint density at radius 2 is 1.71 bits per heavy atom. The maximum absolute atomic E-state index is 13.0. The van der Waals surface area contributed by atoms with Crippen LogP contribution in [0.2, 0.25) is 0 Å². The molecule has 1 N–H and O–H groups in total. The van der Waals surface area contributed by atoms with Crippen molar-refractivity contribution in [1.29, 1.82) is 0 Å². The maximum Gasteiger partial charge on any atom is 0.324 e. The summed E-state index contributed by atoms with van der Waals surface area (Å²) in [5.74, 6) is -0.279. The fourth-order valence-electron chi connectivity index (χ4n) is 3.46. The number of nitrogens with zero attached hydrogens (tertiary/aromatic N) is 1. The molecule has 31 heavy (non-hydrogen) atoms. The number of nitrogens with one attached hydrogen (secondary N) is 1. The summed E-state index contributed by atoms with van der Waals surface area (Å²) in [6, 6.07) is 11.3. The molecular formula is C22H27FN2O5S. The first-order chi connectivity index (χ1) is 14.9. The average molecular weight is 451 g/mol. The van der Waals surface area contributed by atoms with Gasteiger partial charge in [0.2, 0.25) is 10.0 Å². The van der Waals surface area contributed by atoms with E-state index in [4.69, 9.17) is 9.47 Å². The van der Waals surface area contributed by atoms with E-state index in [2.05, 4.69) is 4.72 Å². The average Bonchev–Trinajstić information content (AvgIpc) is 2.79. The third-order valence-corrected chi connectivity index (χ3v) is 6.66. The van der Waals surface area contributed by atoms with Gasteiger partial charge in [0.05, 0.1) is 12.0 Å². The largest absolute Gasteiger partial charge is 0.489 e. The van der Waals surface area contributed by atoms with Crippen LogP contribution in [-0.4, -0.2) is 52.1 Å². The quantitative estimate of drug-likeness (QED) is 0.592. The van der Waals surface area contributed by atoms with Gasteiger partial charge in [-0.15, -0.1) is 0 Å². The summed E-state index contributed by atoms with van der Waals surface area (Å²) in [6.07, 6.45) is 3.05. The number of esters is 1. The lowest BCUT2D eigenvalue weighted by Gasteiger charge is -2.32. The molecule has 0 bridgehead atoms. The fraction of sp³-hybridized carbons (Fsp3) is 0.409. The molecule has 2 aromatic carbocycles. The predicted molar refractivity (Wildman–Crippen MR) is 114 cm³/mol. The van der Waals surface area contributed by atoms with Crippen molar-refractivity contribution in [3.8, 4) is 5.75 Å². The number of halogens is 1. The monoisotopic (exact) mass is 450 g/mol. The number of methoxy groups -OCH3 is 1. The highest BCUT2D eigenvalue weighted by Gasteiger charge is 2.29. The molecule has 1 fully saturated rings. The van der Waals surface area contributed by atoms with E-state index < -0.39 is 22.0 Å². The van der Waals surface area contributed by atoms with Gasteiger partial charge in [0.1, 0.15) is 24.2 Å². The standard InChI is InChI=1S/C22H27FN2O5S/c1-29-22(26)21(25-13-3-2-4-14-25)15-24-31(27,28)20-11-9-19(10-12-20)30-16-17-5-7-18(23)8-6-17/h5-12,21,24H,2-4,13-16H2,1H3. The predicted octanol–water partition coefficient (Wildman–Crippen LogP) is 2.71. The van der Waals surface area contributed by atoms with Gasteiger partial charge < -0.3 is 9.47 Å². The molecule has 1 heterocycles. The lowest BCUT2D eigenvalue weighted by molar-refractivity contribution is -0.147. The molecule has 168 valence electrons. The second-order valence-electron chi connectivity index (χ2n) is 7.37. The summed E-state index contributed by atoms with van der Waals surface area (Å²) in [6.45, 7) is 1.66. The van der Waals surface area contributed by atoms with E-state index in [0.717, 1.165) is 37.9 Å². The molecule has 1 aliphatic rings. The van der Waals surface area contributed by atoms with Gasteiger partial charge in [-0.05, 0) is 67.9 Å². The second kappa shape index (κ2) is 10.7. The summed E-state index contributed by atoms with van der Waals surface area (Å²) >= 11 is 0. The molecule has 0 saturated carbocycles. The smallest absolute Gasteiger partial charge is 0.324 e. The lowest BCUT2D eigenvalue weighted by atomic mass is 10.1. The molecule has 0 aliphatic carbocycles. The van der Waals surface area contributed by atoms with Crippen LogP contribution < -0.4 is 9.46 Å². The highest BCUT2D eigenvalue weighted by Crippen LogP contribution is 2.18. The Hall–Kier alpha value is -2.49. The van der Waals surface area contributed by atoms with Gasteiger partial charge in [-0.1, -0.05) is 18.6 Å². The molecule has 0 amide bonds. The molecule has 7 nitrogen and oxygen atoms in total. The Kier molecular flexibility index (Phi) is 8.00. The number of sulfonamides is 1. The summed E-state index contributed by atoms with van der Waals surface area (Å²) < 4.78 is 51.4. The zero-order valence-corrected chi connectivity index (χ0v) is 18.2. The van der Waals surface area contributed by atoms with Crippen molar-refractivity contribution in [2.45, 2.75) is 36.8 Å². The van der Waals surface area contributed by atoms with Crippen LogP contribution >= 0.6 is 0 Å². The Balaban J connectivity index is 1.59. The molecule has 0 aromatic heterocycles. The molecule has 1 unspecified atom stereocenters. The molecule has 1 saturated heterocycles. The Bertz CT molecular complexity index is 958. The Morgan fingerprint density at radius 1 is 1.06 bits per heavy atom. The first-order valence-corrected chi connectivity index (χ1v) is 11.7. The van der Waals surface area contributed by atoms with Crippen LogP contribution in [0.25, 0.3) is 0 Å². The third kappa shape index (κ3) is 6.49. The number of rotatable bonds is 9. The number of carbonyl (C=O) groups excluding carboxylic acids is 1. The first-order valence-electron chi connectivity index (χ1n) is 10.2. The summed E-state index contributed by atoms with van der Waals surface area (Å²) in [4.78, 5) is 14.2. The maximum atomic E-state index is 13.0. The third-order valence-electron chi connectivity index (χ3n) is 5.22. The Labute approximate surface area is 182 Å². The number of hydrogen-bond donors (Lipinski definition) is 1. The van der Waals surface area contributed by atoms with Gasteiger partial charge in [0.25, 0.3) is 0 Å². The SMILES string of the molecule is COC(=O)C(CNS(=O)(=O)c1ccc(OCc2ccc(F)cc2)cc1)N1CCCCC1. The Morgan fingerprint density at radius 3 is 2.32 bits per heavy atom. The molecule has 0 radical (unpaired) electrons. The molecule has 1 aliphatic heterocycles. The van der Waals surface area contributed by atoms with Crippen LogP contribution in [0.3, 0.4) is 0 Å². The number of likely N-dealkylation sites (tertiary alicyclic amines) is 1. The van der Waals surface area contributed by atoms with Crippen molar-refractivity contribution >= 4 is 16.0 Å². The van der Waals surface area contributed by atoms with Gasteiger partial charge in [0, 0.05) is 6.54 Å². The molecule has 0 spiro atoms. The molecule has 3 rings (SSSR count). The zero-order chi connectivity index (χ0) is 22.3. The lowest BCUT2D eigenvalue weighted by Crippen LogP contribution is -2.50. The number of carbonyl (C=O) groups is 1. The minimum Gasteiger partial charge on any atom is -0.489 e. The van der Waals surface area contributed by atoms with Gasteiger partial charge >= 0.3 is 5.97 Å². The van der Waals surface area contributed by atoms with Crippen molar-refractivity contribution in [1.82, 2.24) is 9.62 Å². The van der Waals surface area contributed by atoms with E-state index >= 15 is 0 Å². The molecule has 9 heteroatoms. The zero-order valence-electron chi connectivity index (χ0n) is 17.4. The van der Waals surface area contributed by atoms with Crippen molar-refractivity contribution < 1.29 is 27.1 Å². The van der Waals surface area contributed by atoms with Crippen molar-refractivity contribution in [2.75, 3.05) is 26.7 Å². The summed E-state index contributed by atoms with van der Waals surface area (Å²) in [5, 5.41) is 0. The van der Waals surface area contributed by atoms with E-state index in [1.165, 1.54) is 31.4 Å².